The molecular formula is C24H17N5O2S3. The molecular weight excluding hydrogens is 486 g/mol. The van der Waals surface area contributed by atoms with Gasteiger partial charge in [0.05, 0.1) is 17.3 Å². The highest BCUT2D eigenvalue weighted by molar-refractivity contribution is 8.00. The number of rotatable bonds is 6. The molecule has 3 heterocycles. The third-order valence-corrected chi connectivity index (χ3v) is 7.04. The number of furan rings is 1. The average molecular weight is 504 g/mol. The summed E-state index contributed by atoms with van der Waals surface area (Å²) >= 11 is 8.32. The van der Waals surface area contributed by atoms with E-state index in [0.29, 0.717) is 33.1 Å². The van der Waals surface area contributed by atoms with Gasteiger partial charge in [0.25, 0.3) is 5.91 Å². The molecule has 34 heavy (non-hydrogen) atoms. The van der Waals surface area contributed by atoms with Gasteiger partial charge in [-0.25, -0.2) is 4.98 Å². The quantitative estimate of drug-likeness (QED) is 0.223. The van der Waals surface area contributed by atoms with Gasteiger partial charge in [-0.05, 0) is 42.0 Å². The first-order valence-electron chi connectivity index (χ1n) is 10.2. The highest BCUT2D eigenvalue weighted by Crippen LogP contribution is 2.28. The van der Waals surface area contributed by atoms with Crippen LogP contribution in [0.15, 0.2) is 87.8 Å². The summed E-state index contributed by atoms with van der Waals surface area (Å²) in [7, 11) is 0. The zero-order valence-corrected chi connectivity index (χ0v) is 20.0. The van der Waals surface area contributed by atoms with E-state index < -0.39 is 0 Å². The van der Waals surface area contributed by atoms with Crippen LogP contribution in [0.2, 0.25) is 0 Å². The fourth-order valence-electron chi connectivity index (χ4n) is 3.25. The van der Waals surface area contributed by atoms with E-state index in [-0.39, 0.29) is 11.0 Å². The SMILES string of the molecule is O=C(NC(=S)Nc1nnc(SCc2ccccc2)s1)c1cc(-c2ccco2)nc2ccccc12. The molecule has 2 aromatic carbocycles. The Morgan fingerprint density at radius 3 is 2.68 bits per heavy atom. The Morgan fingerprint density at radius 1 is 1.03 bits per heavy atom. The number of thiocarbonyl (C=S) groups is 1. The normalized spacial score (nSPS) is 10.8. The van der Waals surface area contributed by atoms with Crippen LogP contribution in [0.3, 0.4) is 0 Å². The van der Waals surface area contributed by atoms with E-state index in [2.05, 4.69) is 37.9 Å². The number of nitrogens with one attached hydrogen (secondary N) is 2. The molecule has 5 aromatic rings. The van der Waals surface area contributed by atoms with E-state index >= 15 is 0 Å². The van der Waals surface area contributed by atoms with E-state index in [9.17, 15) is 4.79 Å². The van der Waals surface area contributed by atoms with Crippen molar-refractivity contribution < 1.29 is 9.21 Å². The second-order valence-electron chi connectivity index (χ2n) is 7.11. The number of anilines is 1. The van der Waals surface area contributed by atoms with Gasteiger partial charge in [-0.2, -0.15) is 0 Å². The van der Waals surface area contributed by atoms with E-state index in [1.807, 2.05) is 42.5 Å². The first kappa shape index (κ1) is 22.2. The molecule has 168 valence electrons. The number of hydrogen-bond acceptors (Lipinski definition) is 8. The van der Waals surface area contributed by atoms with Crippen molar-refractivity contribution in [2.24, 2.45) is 0 Å². The minimum absolute atomic E-state index is 0.140. The van der Waals surface area contributed by atoms with Crippen LogP contribution in [-0.4, -0.2) is 26.2 Å². The number of amides is 1. The van der Waals surface area contributed by atoms with Gasteiger partial charge in [-0.3, -0.25) is 10.1 Å². The summed E-state index contributed by atoms with van der Waals surface area (Å²) in [5.74, 6) is 1.02. The van der Waals surface area contributed by atoms with Crippen molar-refractivity contribution in [2.75, 3.05) is 5.32 Å². The Morgan fingerprint density at radius 2 is 1.85 bits per heavy atom. The lowest BCUT2D eigenvalue weighted by Crippen LogP contribution is -2.34. The first-order valence-corrected chi connectivity index (χ1v) is 12.4. The van der Waals surface area contributed by atoms with Crippen LogP contribution in [-0.2, 0) is 5.75 Å². The highest BCUT2D eigenvalue weighted by atomic mass is 32.2. The smallest absolute Gasteiger partial charge is 0.258 e. The lowest BCUT2D eigenvalue weighted by atomic mass is 10.1. The van der Waals surface area contributed by atoms with Crippen molar-refractivity contribution >= 4 is 62.4 Å². The van der Waals surface area contributed by atoms with Crippen molar-refractivity contribution in [1.82, 2.24) is 20.5 Å². The summed E-state index contributed by atoms with van der Waals surface area (Å²) in [6, 6.07) is 22.8. The van der Waals surface area contributed by atoms with E-state index in [4.69, 9.17) is 16.6 Å². The van der Waals surface area contributed by atoms with Gasteiger partial charge in [0, 0.05) is 11.1 Å². The van der Waals surface area contributed by atoms with Gasteiger partial charge >= 0.3 is 0 Å². The number of carbonyl (C=O) groups excluding carboxylic acids is 1. The Labute approximate surface area is 208 Å². The zero-order valence-electron chi connectivity index (χ0n) is 17.6. The number of nitrogens with zero attached hydrogens (tertiary/aromatic N) is 3. The van der Waals surface area contributed by atoms with Gasteiger partial charge in [-0.15, -0.1) is 10.2 Å². The molecule has 0 aliphatic carbocycles. The van der Waals surface area contributed by atoms with Gasteiger partial charge in [0.1, 0.15) is 5.69 Å². The number of fused-ring (bicyclic) bond motifs is 1. The summed E-state index contributed by atoms with van der Waals surface area (Å²) in [6.07, 6.45) is 1.57. The lowest BCUT2D eigenvalue weighted by Gasteiger charge is -2.10. The molecule has 0 saturated carbocycles. The molecule has 7 nitrogen and oxygen atoms in total. The molecule has 0 atom stereocenters. The molecule has 0 fully saturated rings. The Kier molecular flexibility index (Phi) is 6.61. The standard InChI is InChI=1S/C24H17N5O2S3/c30-21(17-13-19(20-11-6-12-31-20)25-18-10-5-4-9-16(17)18)26-22(32)27-23-28-29-24(34-23)33-14-15-7-2-1-3-8-15/h1-13H,14H2,(H2,26,27,28,30,32). The molecule has 10 heteroatoms. The van der Waals surface area contributed by atoms with E-state index in [1.165, 1.54) is 16.9 Å². The fourth-order valence-corrected chi connectivity index (χ4v) is 5.22. The molecule has 3 aromatic heterocycles. The number of para-hydroxylation sites is 1. The monoisotopic (exact) mass is 503 g/mol. The number of aromatic nitrogens is 3. The number of benzene rings is 2. The van der Waals surface area contributed by atoms with Crippen molar-refractivity contribution in [2.45, 2.75) is 10.1 Å². The first-order chi connectivity index (χ1) is 16.7. The minimum Gasteiger partial charge on any atom is -0.463 e. The third-order valence-electron chi connectivity index (χ3n) is 4.79. The Bertz CT molecular complexity index is 1450. The van der Waals surface area contributed by atoms with Crippen LogP contribution in [0.1, 0.15) is 15.9 Å². The van der Waals surface area contributed by atoms with E-state index in [1.54, 1.807) is 36.2 Å². The summed E-state index contributed by atoms with van der Waals surface area (Å²) < 4.78 is 6.27. The second-order valence-corrected chi connectivity index (χ2v) is 9.71. The number of hydrogen-bond donors (Lipinski definition) is 2. The number of carbonyl (C=O) groups is 1. The maximum Gasteiger partial charge on any atom is 0.258 e. The average Bonchev–Trinajstić information content (AvgIpc) is 3.55. The van der Waals surface area contributed by atoms with Crippen LogP contribution in [0.5, 0.6) is 0 Å². The van der Waals surface area contributed by atoms with Crippen LogP contribution in [0.25, 0.3) is 22.4 Å². The van der Waals surface area contributed by atoms with Crippen molar-refractivity contribution in [3.63, 3.8) is 0 Å². The molecule has 0 unspecified atom stereocenters. The molecule has 2 N–H and O–H groups in total. The molecule has 0 radical (unpaired) electrons. The molecule has 5 rings (SSSR count). The van der Waals surface area contributed by atoms with Crippen LogP contribution < -0.4 is 10.6 Å². The van der Waals surface area contributed by atoms with Crippen LogP contribution >= 0.6 is 35.3 Å². The van der Waals surface area contributed by atoms with Crippen LogP contribution in [0, 0.1) is 0 Å². The molecule has 1 amide bonds. The summed E-state index contributed by atoms with van der Waals surface area (Å²) in [6.45, 7) is 0. The van der Waals surface area contributed by atoms with Crippen molar-refractivity contribution in [3.05, 3.63) is 90.2 Å². The molecule has 0 aliphatic rings. The summed E-state index contributed by atoms with van der Waals surface area (Å²) in [4.78, 5) is 17.7. The minimum atomic E-state index is -0.355. The van der Waals surface area contributed by atoms with Gasteiger partial charge in [-0.1, -0.05) is 71.6 Å². The predicted molar refractivity (Wildman–Crippen MR) is 139 cm³/mol. The third kappa shape index (κ3) is 5.14. The molecule has 0 saturated heterocycles. The summed E-state index contributed by atoms with van der Waals surface area (Å²) in [5.41, 5.74) is 2.90. The molecule has 0 aliphatic heterocycles. The highest BCUT2D eigenvalue weighted by Gasteiger charge is 2.17. The molecule has 0 bridgehead atoms. The van der Waals surface area contributed by atoms with E-state index in [0.717, 1.165) is 10.1 Å². The summed E-state index contributed by atoms with van der Waals surface area (Å²) in [5, 5.41) is 15.3. The van der Waals surface area contributed by atoms with Crippen LogP contribution in [0.4, 0.5) is 5.13 Å². The van der Waals surface area contributed by atoms with Gasteiger partial charge < -0.3 is 9.73 Å². The zero-order chi connectivity index (χ0) is 23.3. The number of thioether (sulfide) groups is 1. The van der Waals surface area contributed by atoms with Gasteiger partial charge in [0.2, 0.25) is 5.13 Å². The largest absolute Gasteiger partial charge is 0.463 e. The Hall–Kier alpha value is -3.60. The lowest BCUT2D eigenvalue weighted by molar-refractivity contribution is 0.0979. The molecule has 0 spiro atoms. The van der Waals surface area contributed by atoms with Crippen molar-refractivity contribution in [1.29, 1.82) is 0 Å². The fraction of sp³-hybridized carbons (Fsp3) is 0.0417. The number of pyridine rings is 1. The van der Waals surface area contributed by atoms with Gasteiger partial charge in [0.15, 0.2) is 15.2 Å². The predicted octanol–water partition coefficient (Wildman–Crippen LogP) is 5.77. The topological polar surface area (TPSA) is 92.9 Å². The second kappa shape index (κ2) is 10.1. The van der Waals surface area contributed by atoms with Crippen molar-refractivity contribution in [3.8, 4) is 11.5 Å². The maximum atomic E-state index is 13.1. The maximum absolute atomic E-state index is 13.1. The Balaban J connectivity index is 1.28.